The molecular formula is C18H27N3O5S. The van der Waals surface area contributed by atoms with Crippen LogP contribution in [0.2, 0.25) is 0 Å². The van der Waals surface area contributed by atoms with Crippen molar-refractivity contribution in [1.82, 2.24) is 10.2 Å². The van der Waals surface area contributed by atoms with Crippen LogP contribution in [-0.4, -0.2) is 60.8 Å². The Kier molecular flexibility index (Phi) is 8.80. The van der Waals surface area contributed by atoms with E-state index in [1.807, 2.05) is 0 Å². The summed E-state index contributed by atoms with van der Waals surface area (Å²) in [6, 6.07) is 4.47. The number of carbonyl (C=O) groups excluding carboxylic acids is 1. The lowest BCUT2D eigenvalue weighted by atomic mass is 10.0. The maximum absolute atomic E-state index is 12.3. The zero-order valence-electron chi connectivity index (χ0n) is 16.2. The standard InChI is InChI=1S/C18H27N3O5S/c1-11(2)16(17(23)24)21(3)14(22)9-10-19-18(27)20-15-12(25-4)7-6-8-13(15)26-5/h6-8,11,16H,9-10H2,1-5H3,(H,23,24)(H2,19,20,27)/t16-/m0/s1. The first-order valence-electron chi connectivity index (χ1n) is 8.47. The van der Waals surface area contributed by atoms with E-state index >= 15 is 0 Å². The van der Waals surface area contributed by atoms with Gasteiger partial charge >= 0.3 is 5.97 Å². The van der Waals surface area contributed by atoms with Gasteiger partial charge in [-0.15, -0.1) is 0 Å². The highest BCUT2D eigenvalue weighted by molar-refractivity contribution is 7.80. The summed E-state index contributed by atoms with van der Waals surface area (Å²) in [4.78, 5) is 24.8. The summed E-state index contributed by atoms with van der Waals surface area (Å²) in [6.07, 6.45) is 0.109. The van der Waals surface area contributed by atoms with E-state index in [0.29, 0.717) is 22.3 Å². The summed E-state index contributed by atoms with van der Waals surface area (Å²) >= 11 is 5.25. The van der Waals surface area contributed by atoms with E-state index in [1.54, 1.807) is 46.3 Å². The van der Waals surface area contributed by atoms with Crippen LogP contribution < -0.4 is 20.1 Å². The number of hydrogen-bond acceptors (Lipinski definition) is 5. The van der Waals surface area contributed by atoms with Crippen LogP contribution in [0.15, 0.2) is 18.2 Å². The molecule has 9 heteroatoms. The summed E-state index contributed by atoms with van der Waals surface area (Å²) in [5.74, 6) is -0.355. The summed E-state index contributed by atoms with van der Waals surface area (Å²) in [5.41, 5.74) is 0.578. The van der Waals surface area contributed by atoms with Crippen LogP contribution in [0.4, 0.5) is 5.69 Å². The SMILES string of the molecule is COc1cccc(OC)c1NC(=S)NCCC(=O)N(C)[C@H](C(=O)O)C(C)C. The number of amides is 1. The highest BCUT2D eigenvalue weighted by Gasteiger charge is 2.29. The van der Waals surface area contributed by atoms with Crippen LogP contribution in [0, 0.1) is 5.92 Å². The highest BCUT2D eigenvalue weighted by atomic mass is 32.1. The number of rotatable bonds is 9. The fourth-order valence-electron chi connectivity index (χ4n) is 2.64. The van der Waals surface area contributed by atoms with Gasteiger partial charge in [-0.25, -0.2) is 4.79 Å². The van der Waals surface area contributed by atoms with E-state index in [9.17, 15) is 14.7 Å². The molecule has 1 atom stereocenters. The zero-order chi connectivity index (χ0) is 20.6. The van der Waals surface area contributed by atoms with E-state index in [-0.39, 0.29) is 24.8 Å². The zero-order valence-corrected chi connectivity index (χ0v) is 17.1. The number of benzene rings is 1. The molecular weight excluding hydrogens is 370 g/mol. The lowest BCUT2D eigenvalue weighted by molar-refractivity contribution is -0.150. The van der Waals surface area contributed by atoms with E-state index in [0.717, 1.165) is 0 Å². The number of anilines is 1. The second-order valence-electron chi connectivity index (χ2n) is 6.20. The van der Waals surface area contributed by atoms with Gasteiger partial charge < -0.3 is 30.1 Å². The lowest BCUT2D eigenvalue weighted by Gasteiger charge is -2.27. The number of carboxylic acids is 1. The second-order valence-corrected chi connectivity index (χ2v) is 6.61. The number of methoxy groups -OCH3 is 2. The largest absolute Gasteiger partial charge is 0.494 e. The van der Waals surface area contributed by atoms with E-state index in [4.69, 9.17) is 21.7 Å². The third-order valence-electron chi connectivity index (χ3n) is 3.99. The number of ether oxygens (including phenoxy) is 2. The molecule has 0 saturated carbocycles. The van der Waals surface area contributed by atoms with Crippen LogP contribution >= 0.6 is 12.2 Å². The molecule has 0 aliphatic rings. The molecule has 0 spiro atoms. The van der Waals surface area contributed by atoms with E-state index in [1.165, 1.54) is 11.9 Å². The third-order valence-corrected chi connectivity index (χ3v) is 4.23. The normalized spacial score (nSPS) is 11.5. The van der Waals surface area contributed by atoms with Crippen LogP contribution in [-0.2, 0) is 9.59 Å². The number of carbonyl (C=O) groups is 2. The smallest absolute Gasteiger partial charge is 0.326 e. The van der Waals surface area contributed by atoms with Gasteiger partial charge in [0.25, 0.3) is 0 Å². The molecule has 3 N–H and O–H groups in total. The van der Waals surface area contributed by atoms with Gasteiger partial charge in [0.05, 0.1) is 14.2 Å². The lowest BCUT2D eigenvalue weighted by Crippen LogP contribution is -2.46. The van der Waals surface area contributed by atoms with Crippen LogP contribution in [0.5, 0.6) is 11.5 Å². The van der Waals surface area contributed by atoms with Crippen LogP contribution in [0.3, 0.4) is 0 Å². The van der Waals surface area contributed by atoms with Crippen molar-refractivity contribution < 1.29 is 24.2 Å². The first-order chi connectivity index (χ1) is 12.7. The molecule has 0 aliphatic carbocycles. The Bertz CT molecular complexity index is 659. The van der Waals surface area contributed by atoms with Crippen molar-refractivity contribution in [2.75, 3.05) is 33.1 Å². The summed E-state index contributed by atoms with van der Waals surface area (Å²) in [5, 5.41) is 15.5. The topological polar surface area (TPSA) is 100 Å². The minimum absolute atomic E-state index is 0.109. The fourth-order valence-corrected chi connectivity index (χ4v) is 2.85. The third kappa shape index (κ3) is 6.28. The maximum Gasteiger partial charge on any atom is 0.326 e. The van der Waals surface area contributed by atoms with Crippen molar-refractivity contribution in [2.45, 2.75) is 26.3 Å². The quantitative estimate of drug-likeness (QED) is 0.544. The van der Waals surface area contributed by atoms with Gasteiger partial charge in [0, 0.05) is 20.0 Å². The van der Waals surface area contributed by atoms with Gasteiger partial charge in [-0.2, -0.15) is 0 Å². The molecule has 0 bridgehead atoms. The molecule has 0 aromatic heterocycles. The van der Waals surface area contributed by atoms with Crippen molar-refractivity contribution in [3.63, 3.8) is 0 Å². The Morgan fingerprint density at radius 3 is 2.22 bits per heavy atom. The number of aliphatic carboxylic acids is 1. The van der Waals surface area contributed by atoms with Gasteiger partial charge in [-0.1, -0.05) is 19.9 Å². The number of nitrogens with one attached hydrogen (secondary N) is 2. The van der Waals surface area contributed by atoms with Gasteiger partial charge in [0.1, 0.15) is 23.2 Å². The molecule has 0 fully saturated rings. The highest BCUT2D eigenvalue weighted by Crippen LogP contribution is 2.33. The molecule has 0 heterocycles. The molecule has 0 radical (unpaired) electrons. The van der Waals surface area contributed by atoms with Crippen molar-refractivity contribution in [1.29, 1.82) is 0 Å². The second kappa shape index (κ2) is 10.6. The Morgan fingerprint density at radius 2 is 1.78 bits per heavy atom. The predicted molar refractivity (Wildman–Crippen MR) is 107 cm³/mol. The first-order valence-corrected chi connectivity index (χ1v) is 8.88. The monoisotopic (exact) mass is 397 g/mol. The number of para-hydroxylation sites is 1. The van der Waals surface area contributed by atoms with Gasteiger partial charge in [0.2, 0.25) is 5.91 Å². The number of carboxylic acid groups (broad SMARTS) is 1. The van der Waals surface area contributed by atoms with Crippen LogP contribution in [0.25, 0.3) is 0 Å². The Balaban J connectivity index is 2.61. The minimum Gasteiger partial charge on any atom is -0.494 e. The minimum atomic E-state index is -1.02. The van der Waals surface area contributed by atoms with E-state index < -0.39 is 12.0 Å². The Morgan fingerprint density at radius 1 is 1.22 bits per heavy atom. The average molecular weight is 397 g/mol. The fraction of sp³-hybridized carbons (Fsp3) is 0.500. The molecule has 150 valence electrons. The number of likely N-dealkylation sites (N-methyl/N-ethyl adjacent to an activating group) is 1. The van der Waals surface area contributed by atoms with Gasteiger partial charge in [-0.05, 0) is 30.3 Å². The van der Waals surface area contributed by atoms with Crippen LogP contribution in [0.1, 0.15) is 20.3 Å². The first kappa shape index (κ1) is 22.5. The molecule has 1 aromatic rings. The Hall–Kier alpha value is -2.55. The summed E-state index contributed by atoms with van der Waals surface area (Å²) in [6.45, 7) is 3.79. The predicted octanol–water partition coefficient (Wildman–Crippen LogP) is 1.95. The molecule has 0 aliphatic heterocycles. The molecule has 0 unspecified atom stereocenters. The van der Waals surface area contributed by atoms with Gasteiger partial charge in [-0.3, -0.25) is 4.79 Å². The van der Waals surface area contributed by atoms with Gasteiger partial charge in [0.15, 0.2) is 5.11 Å². The number of thiocarbonyl (C=S) groups is 1. The summed E-state index contributed by atoms with van der Waals surface area (Å²) < 4.78 is 10.6. The van der Waals surface area contributed by atoms with E-state index in [2.05, 4.69) is 10.6 Å². The Labute approximate surface area is 164 Å². The van der Waals surface area contributed by atoms with Crippen molar-refractivity contribution in [3.8, 4) is 11.5 Å². The molecule has 8 nitrogen and oxygen atoms in total. The summed E-state index contributed by atoms with van der Waals surface area (Å²) in [7, 11) is 4.58. The molecule has 27 heavy (non-hydrogen) atoms. The average Bonchev–Trinajstić information content (AvgIpc) is 2.60. The number of hydrogen-bond donors (Lipinski definition) is 3. The maximum atomic E-state index is 12.3. The van der Waals surface area contributed by atoms with Crippen molar-refractivity contribution in [2.24, 2.45) is 5.92 Å². The molecule has 0 saturated heterocycles. The molecule has 1 rings (SSSR count). The van der Waals surface area contributed by atoms with Crippen molar-refractivity contribution in [3.05, 3.63) is 18.2 Å². The van der Waals surface area contributed by atoms with Crippen molar-refractivity contribution >= 4 is 34.9 Å². The number of nitrogens with zero attached hydrogens (tertiary/aromatic N) is 1. The molecule has 1 amide bonds. The molecule has 1 aromatic carbocycles.